The molecule has 0 N–H and O–H groups in total. The summed E-state index contributed by atoms with van der Waals surface area (Å²) < 4.78 is 2.69. The third-order valence-electron chi connectivity index (χ3n) is 2.92. The van der Waals surface area contributed by atoms with Gasteiger partial charge in [0.05, 0.1) is 5.56 Å². The Hall–Kier alpha value is -2.01. The number of nitrogens with zero attached hydrogens (tertiary/aromatic N) is 3. The summed E-state index contributed by atoms with van der Waals surface area (Å²) in [5.74, 6) is -0.0916. The molecule has 0 amide bonds. The topological polar surface area (TPSA) is 47.8 Å². The van der Waals surface area contributed by atoms with Crippen LogP contribution in [0.15, 0.2) is 47.3 Å². The fourth-order valence-corrected chi connectivity index (χ4v) is 2.38. The SMILES string of the molecule is Cn1cc(C(=O)c2ccccn2)c2cc(Br)cnc21. The van der Waals surface area contributed by atoms with Gasteiger partial charge < -0.3 is 4.57 Å². The molecule has 0 saturated carbocycles. The standard InChI is InChI=1S/C14H10BrN3O/c1-18-8-11(10-6-9(15)7-17-14(10)18)13(19)12-4-2-3-5-16-12/h2-8H,1H3. The molecule has 0 aromatic carbocycles. The Morgan fingerprint density at radius 3 is 2.89 bits per heavy atom. The number of hydrogen-bond donors (Lipinski definition) is 0. The first-order valence-corrected chi connectivity index (χ1v) is 6.52. The van der Waals surface area contributed by atoms with Gasteiger partial charge in [0, 0.05) is 35.5 Å². The molecule has 3 aromatic heterocycles. The molecule has 0 aliphatic heterocycles. The van der Waals surface area contributed by atoms with Crippen LogP contribution in [0, 0.1) is 0 Å². The van der Waals surface area contributed by atoms with E-state index in [2.05, 4.69) is 25.9 Å². The summed E-state index contributed by atoms with van der Waals surface area (Å²) in [6.07, 6.45) is 5.13. The van der Waals surface area contributed by atoms with Crippen LogP contribution < -0.4 is 0 Å². The van der Waals surface area contributed by atoms with Gasteiger partial charge in [-0.15, -0.1) is 0 Å². The summed E-state index contributed by atoms with van der Waals surface area (Å²) in [6.45, 7) is 0. The normalized spacial score (nSPS) is 10.8. The third kappa shape index (κ3) is 2.06. The number of hydrogen-bond acceptors (Lipinski definition) is 3. The van der Waals surface area contributed by atoms with Gasteiger partial charge in [-0.1, -0.05) is 6.07 Å². The first-order valence-electron chi connectivity index (χ1n) is 5.73. The predicted molar refractivity (Wildman–Crippen MR) is 76.1 cm³/mol. The van der Waals surface area contributed by atoms with Crippen LogP contribution in [0.1, 0.15) is 16.1 Å². The molecular weight excluding hydrogens is 306 g/mol. The van der Waals surface area contributed by atoms with E-state index in [9.17, 15) is 4.79 Å². The van der Waals surface area contributed by atoms with Gasteiger partial charge in [-0.05, 0) is 34.1 Å². The number of rotatable bonds is 2. The maximum Gasteiger partial charge on any atom is 0.213 e. The van der Waals surface area contributed by atoms with E-state index in [1.165, 1.54) is 0 Å². The highest BCUT2D eigenvalue weighted by Gasteiger charge is 2.17. The number of ketones is 1. The highest BCUT2D eigenvalue weighted by atomic mass is 79.9. The number of carbonyl (C=O) groups excluding carboxylic acids is 1. The second kappa shape index (κ2) is 4.59. The molecule has 4 nitrogen and oxygen atoms in total. The minimum atomic E-state index is -0.0916. The molecule has 94 valence electrons. The summed E-state index contributed by atoms with van der Waals surface area (Å²) in [7, 11) is 1.87. The van der Waals surface area contributed by atoms with Crippen molar-refractivity contribution >= 4 is 32.7 Å². The fraction of sp³-hybridized carbons (Fsp3) is 0.0714. The molecule has 0 unspecified atom stereocenters. The Kier molecular flexibility index (Phi) is 2.91. The maximum absolute atomic E-state index is 12.5. The summed E-state index contributed by atoms with van der Waals surface area (Å²) in [5, 5.41) is 0.826. The lowest BCUT2D eigenvalue weighted by molar-refractivity contribution is 0.103. The van der Waals surface area contributed by atoms with Crippen LogP contribution in [0.5, 0.6) is 0 Å². The van der Waals surface area contributed by atoms with Gasteiger partial charge in [0.15, 0.2) is 0 Å². The summed E-state index contributed by atoms with van der Waals surface area (Å²) in [6, 6.07) is 7.21. The summed E-state index contributed by atoms with van der Waals surface area (Å²) in [4.78, 5) is 20.9. The zero-order valence-electron chi connectivity index (χ0n) is 10.2. The van der Waals surface area contributed by atoms with E-state index in [1.54, 1.807) is 36.8 Å². The second-order valence-electron chi connectivity index (χ2n) is 4.22. The quantitative estimate of drug-likeness (QED) is 0.683. The first-order chi connectivity index (χ1) is 9.16. The Balaban J connectivity index is 2.21. The van der Waals surface area contributed by atoms with Crippen molar-refractivity contribution in [2.75, 3.05) is 0 Å². The van der Waals surface area contributed by atoms with E-state index in [0.717, 1.165) is 15.5 Å². The molecule has 0 aliphatic carbocycles. The molecular formula is C14H10BrN3O. The van der Waals surface area contributed by atoms with Gasteiger partial charge in [-0.3, -0.25) is 9.78 Å². The van der Waals surface area contributed by atoms with Crippen molar-refractivity contribution in [3.05, 3.63) is 58.6 Å². The zero-order chi connectivity index (χ0) is 13.4. The molecule has 0 atom stereocenters. The lowest BCUT2D eigenvalue weighted by Crippen LogP contribution is -2.02. The molecule has 0 saturated heterocycles. The van der Waals surface area contributed by atoms with Crippen molar-refractivity contribution in [3.8, 4) is 0 Å². The molecule has 3 aromatic rings. The van der Waals surface area contributed by atoms with Crippen LogP contribution in [0.2, 0.25) is 0 Å². The molecule has 0 bridgehead atoms. The van der Waals surface area contributed by atoms with Crippen molar-refractivity contribution in [2.45, 2.75) is 0 Å². The molecule has 0 spiro atoms. The Bertz CT molecular complexity index is 765. The number of halogens is 1. The smallest absolute Gasteiger partial charge is 0.213 e. The van der Waals surface area contributed by atoms with E-state index in [0.29, 0.717) is 11.3 Å². The number of fused-ring (bicyclic) bond motifs is 1. The van der Waals surface area contributed by atoms with Crippen LogP contribution in [0.4, 0.5) is 0 Å². The Morgan fingerprint density at radius 2 is 2.16 bits per heavy atom. The Labute approximate surface area is 118 Å². The van der Waals surface area contributed by atoms with Gasteiger partial charge in [0.25, 0.3) is 0 Å². The molecule has 19 heavy (non-hydrogen) atoms. The van der Waals surface area contributed by atoms with Crippen molar-refractivity contribution in [1.82, 2.24) is 14.5 Å². The van der Waals surface area contributed by atoms with Crippen molar-refractivity contribution in [3.63, 3.8) is 0 Å². The maximum atomic E-state index is 12.5. The third-order valence-corrected chi connectivity index (χ3v) is 3.36. The van der Waals surface area contributed by atoms with Gasteiger partial charge in [0.1, 0.15) is 11.3 Å². The molecule has 0 radical (unpaired) electrons. The van der Waals surface area contributed by atoms with Crippen LogP contribution >= 0.6 is 15.9 Å². The van der Waals surface area contributed by atoms with Crippen LogP contribution in [-0.4, -0.2) is 20.3 Å². The molecule has 0 fully saturated rings. The number of carbonyl (C=O) groups is 1. The van der Waals surface area contributed by atoms with Gasteiger partial charge in [-0.2, -0.15) is 0 Å². The minimum Gasteiger partial charge on any atom is -0.335 e. The summed E-state index contributed by atoms with van der Waals surface area (Å²) in [5.41, 5.74) is 1.84. The van der Waals surface area contributed by atoms with E-state index in [1.807, 2.05) is 17.7 Å². The fourth-order valence-electron chi connectivity index (χ4n) is 2.05. The van der Waals surface area contributed by atoms with Gasteiger partial charge >= 0.3 is 0 Å². The molecule has 3 heterocycles. The largest absolute Gasteiger partial charge is 0.335 e. The van der Waals surface area contributed by atoms with Gasteiger partial charge in [-0.25, -0.2) is 4.98 Å². The highest BCUT2D eigenvalue weighted by molar-refractivity contribution is 9.10. The number of pyridine rings is 2. The van der Waals surface area contributed by atoms with Crippen LogP contribution in [0.25, 0.3) is 11.0 Å². The van der Waals surface area contributed by atoms with Gasteiger partial charge in [0.2, 0.25) is 5.78 Å². The number of aryl methyl sites for hydroxylation is 1. The lowest BCUT2D eigenvalue weighted by atomic mass is 10.1. The van der Waals surface area contributed by atoms with Crippen molar-refractivity contribution < 1.29 is 4.79 Å². The second-order valence-corrected chi connectivity index (χ2v) is 5.14. The van der Waals surface area contributed by atoms with E-state index < -0.39 is 0 Å². The average molecular weight is 316 g/mol. The van der Waals surface area contributed by atoms with E-state index >= 15 is 0 Å². The first kappa shape index (κ1) is 12.0. The zero-order valence-corrected chi connectivity index (χ0v) is 11.8. The highest BCUT2D eigenvalue weighted by Crippen LogP contribution is 2.24. The summed E-state index contributed by atoms with van der Waals surface area (Å²) >= 11 is 3.38. The molecule has 5 heteroatoms. The lowest BCUT2D eigenvalue weighted by Gasteiger charge is -1.98. The van der Waals surface area contributed by atoms with Crippen LogP contribution in [0.3, 0.4) is 0 Å². The molecule has 3 rings (SSSR count). The predicted octanol–water partition coefficient (Wildman–Crippen LogP) is 2.96. The number of aromatic nitrogens is 3. The monoisotopic (exact) mass is 315 g/mol. The minimum absolute atomic E-state index is 0.0916. The average Bonchev–Trinajstić information content (AvgIpc) is 2.75. The molecule has 0 aliphatic rings. The van der Waals surface area contributed by atoms with E-state index in [4.69, 9.17) is 0 Å². The van der Waals surface area contributed by atoms with Crippen molar-refractivity contribution in [1.29, 1.82) is 0 Å². The Morgan fingerprint density at radius 1 is 1.32 bits per heavy atom. The van der Waals surface area contributed by atoms with E-state index in [-0.39, 0.29) is 5.78 Å². The van der Waals surface area contributed by atoms with Crippen molar-refractivity contribution in [2.24, 2.45) is 7.05 Å². The van der Waals surface area contributed by atoms with Crippen LogP contribution in [-0.2, 0) is 7.05 Å².